The summed E-state index contributed by atoms with van der Waals surface area (Å²) in [6, 6.07) is 17.3. The lowest BCUT2D eigenvalue weighted by atomic mass is 10.2. The third kappa shape index (κ3) is 4.47. The summed E-state index contributed by atoms with van der Waals surface area (Å²) < 4.78 is 7.50. The highest BCUT2D eigenvalue weighted by molar-refractivity contribution is 7.71. The van der Waals surface area contributed by atoms with Crippen molar-refractivity contribution in [2.75, 3.05) is 11.9 Å². The van der Waals surface area contributed by atoms with Crippen LogP contribution in [0.3, 0.4) is 0 Å². The number of aromatic amines is 1. The van der Waals surface area contributed by atoms with Gasteiger partial charge >= 0.3 is 0 Å². The average molecular weight is 438 g/mol. The largest absolute Gasteiger partial charge is 0.494 e. The zero-order valence-corrected chi connectivity index (χ0v) is 17.8. The highest BCUT2D eigenvalue weighted by atomic mass is 32.1. The molecule has 0 saturated carbocycles. The van der Waals surface area contributed by atoms with Crippen LogP contribution in [0.15, 0.2) is 60.0 Å². The molecule has 0 aliphatic carbocycles. The van der Waals surface area contributed by atoms with E-state index in [1.807, 2.05) is 66.9 Å². The topological polar surface area (TPSA) is 84.8 Å². The number of carbonyl (C=O) groups excluding carboxylic acids is 1. The van der Waals surface area contributed by atoms with E-state index in [1.165, 1.54) is 11.3 Å². The van der Waals surface area contributed by atoms with Gasteiger partial charge < -0.3 is 10.1 Å². The maximum absolute atomic E-state index is 12.6. The molecule has 4 aromatic rings. The van der Waals surface area contributed by atoms with Gasteiger partial charge in [0.15, 0.2) is 15.7 Å². The van der Waals surface area contributed by atoms with Crippen LogP contribution in [0.1, 0.15) is 6.92 Å². The number of hydrogen-bond donors (Lipinski definition) is 2. The van der Waals surface area contributed by atoms with Gasteiger partial charge in [-0.2, -0.15) is 5.10 Å². The Bertz CT molecular complexity index is 1200. The molecule has 1 amide bonds. The first-order valence-corrected chi connectivity index (χ1v) is 10.6. The number of rotatable bonds is 7. The molecule has 2 aromatic heterocycles. The molecule has 9 heteroatoms. The fourth-order valence-corrected chi connectivity index (χ4v) is 3.86. The van der Waals surface area contributed by atoms with Gasteiger partial charge in [-0.05, 0) is 43.4 Å². The molecule has 0 aliphatic heterocycles. The van der Waals surface area contributed by atoms with Crippen molar-refractivity contribution in [1.82, 2.24) is 19.7 Å². The van der Waals surface area contributed by atoms with Gasteiger partial charge in [0.25, 0.3) is 0 Å². The number of thiazole rings is 1. The van der Waals surface area contributed by atoms with Crippen molar-refractivity contribution < 1.29 is 9.53 Å². The van der Waals surface area contributed by atoms with E-state index in [4.69, 9.17) is 17.0 Å². The van der Waals surface area contributed by atoms with Crippen LogP contribution in [-0.2, 0) is 11.3 Å². The minimum Gasteiger partial charge on any atom is -0.494 e. The van der Waals surface area contributed by atoms with Gasteiger partial charge in [-0.1, -0.05) is 30.3 Å². The van der Waals surface area contributed by atoms with Crippen LogP contribution < -0.4 is 10.1 Å². The zero-order valence-electron chi connectivity index (χ0n) is 16.2. The summed E-state index contributed by atoms with van der Waals surface area (Å²) in [5.41, 5.74) is 2.66. The van der Waals surface area contributed by atoms with E-state index in [-0.39, 0.29) is 12.5 Å². The lowest BCUT2D eigenvalue weighted by Crippen LogP contribution is -2.19. The Morgan fingerprint density at radius 3 is 2.67 bits per heavy atom. The minimum absolute atomic E-state index is 0.0259. The molecule has 2 heterocycles. The predicted molar refractivity (Wildman–Crippen MR) is 120 cm³/mol. The molecule has 0 atom stereocenters. The summed E-state index contributed by atoms with van der Waals surface area (Å²) in [5, 5.41) is 12.3. The summed E-state index contributed by atoms with van der Waals surface area (Å²) in [6.07, 6.45) is 0. The first kappa shape index (κ1) is 20.0. The van der Waals surface area contributed by atoms with E-state index in [2.05, 4.69) is 20.5 Å². The number of nitrogens with zero attached hydrogens (tertiary/aromatic N) is 3. The van der Waals surface area contributed by atoms with Gasteiger partial charge in [0.2, 0.25) is 5.91 Å². The van der Waals surface area contributed by atoms with E-state index in [1.54, 1.807) is 4.57 Å². The number of ether oxygens (including phenoxy) is 1. The molecule has 4 rings (SSSR count). The van der Waals surface area contributed by atoms with Gasteiger partial charge in [0, 0.05) is 16.5 Å². The summed E-state index contributed by atoms with van der Waals surface area (Å²) in [7, 11) is 0. The number of carbonyl (C=O) groups is 1. The maximum Gasteiger partial charge on any atom is 0.246 e. The predicted octanol–water partition coefficient (Wildman–Crippen LogP) is 4.77. The van der Waals surface area contributed by atoms with E-state index in [0.29, 0.717) is 22.3 Å². The second-order valence-corrected chi connectivity index (χ2v) is 7.59. The first-order chi connectivity index (χ1) is 14.6. The molecule has 0 radical (unpaired) electrons. The van der Waals surface area contributed by atoms with Crippen molar-refractivity contribution in [2.24, 2.45) is 0 Å². The average Bonchev–Trinajstić information content (AvgIpc) is 3.37. The fourth-order valence-electron chi connectivity index (χ4n) is 2.93. The highest BCUT2D eigenvalue weighted by Crippen LogP contribution is 2.25. The number of nitrogens with one attached hydrogen (secondary N) is 2. The van der Waals surface area contributed by atoms with Crippen molar-refractivity contribution >= 4 is 34.6 Å². The van der Waals surface area contributed by atoms with E-state index in [9.17, 15) is 4.79 Å². The van der Waals surface area contributed by atoms with Gasteiger partial charge in [-0.15, -0.1) is 11.3 Å². The summed E-state index contributed by atoms with van der Waals surface area (Å²) >= 11 is 6.70. The van der Waals surface area contributed by atoms with E-state index >= 15 is 0 Å². The number of anilines is 1. The van der Waals surface area contributed by atoms with Crippen LogP contribution in [0.25, 0.3) is 22.6 Å². The van der Waals surface area contributed by atoms with Crippen LogP contribution in [0.5, 0.6) is 5.75 Å². The Labute approximate surface area is 182 Å². The zero-order chi connectivity index (χ0) is 20.9. The van der Waals surface area contributed by atoms with Crippen molar-refractivity contribution in [1.29, 1.82) is 0 Å². The van der Waals surface area contributed by atoms with Gasteiger partial charge in [-0.3, -0.25) is 14.5 Å². The van der Waals surface area contributed by atoms with Crippen molar-refractivity contribution in [3.8, 4) is 28.4 Å². The van der Waals surface area contributed by atoms with Crippen LogP contribution in [0, 0.1) is 4.77 Å². The van der Waals surface area contributed by atoms with Crippen LogP contribution in [-0.4, -0.2) is 32.3 Å². The number of hydrogen-bond acceptors (Lipinski definition) is 6. The molecule has 0 bridgehead atoms. The summed E-state index contributed by atoms with van der Waals surface area (Å²) in [6.45, 7) is 2.56. The van der Waals surface area contributed by atoms with Crippen molar-refractivity contribution in [2.45, 2.75) is 13.5 Å². The Morgan fingerprint density at radius 1 is 1.17 bits per heavy atom. The quantitative estimate of drug-likeness (QED) is 0.407. The summed E-state index contributed by atoms with van der Waals surface area (Å²) in [5.74, 6) is 1.13. The van der Waals surface area contributed by atoms with E-state index < -0.39 is 0 Å². The molecule has 152 valence electrons. The Hall–Kier alpha value is -3.30. The molecule has 0 spiro atoms. The Morgan fingerprint density at radius 2 is 1.93 bits per heavy atom. The molecule has 0 saturated heterocycles. The monoisotopic (exact) mass is 437 g/mol. The molecule has 0 fully saturated rings. The number of amides is 1. The Kier molecular flexibility index (Phi) is 6.01. The molecule has 7 nitrogen and oxygen atoms in total. The molecule has 2 aromatic carbocycles. The number of benzene rings is 2. The highest BCUT2D eigenvalue weighted by Gasteiger charge is 2.14. The number of H-pyrrole nitrogens is 1. The third-order valence-corrected chi connectivity index (χ3v) is 5.37. The molecular formula is C21H19N5O2S2. The smallest absolute Gasteiger partial charge is 0.246 e. The SMILES string of the molecule is CCOc1ccc(-c2n[nH]c(=S)n2CC(=O)Nc2nc(-c3ccccc3)cs2)cc1. The summed E-state index contributed by atoms with van der Waals surface area (Å²) in [4.78, 5) is 17.1. The third-order valence-electron chi connectivity index (χ3n) is 4.30. The second kappa shape index (κ2) is 9.02. The number of aromatic nitrogens is 4. The van der Waals surface area contributed by atoms with Gasteiger partial charge in [0.05, 0.1) is 12.3 Å². The van der Waals surface area contributed by atoms with Crippen molar-refractivity contribution in [3.63, 3.8) is 0 Å². The molecule has 2 N–H and O–H groups in total. The molecule has 0 unspecified atom stereocenters. The molecule has 30 heavy (non-hydrogen) atoms. The lowest BCUT2D eigenvalue weighted by Gasteiger charge is -2.08. The van der Waals surface area contributed by atoms with Gasteiger partial charge in [-0.25, -0.2) is 4.98 Å². The Balaban J connectivity index is 1.48. The first-order valence-electron chi connectivity index (χ1n) is 9.33. The van der Waals surface area contributed by atoms with Crippen molar-refractivity contribution in [3.05, 3.63) is 64.7 Å². The van der Waals surface area contributed by atoms with Gasteiger partial charge in [0.1, 0.15) is 12.3 Å². The molecule has 0 aliphatic rings. The molecular weight excluding hydrogens is 418 g/mol. The standard InChI is InChI=1S/C21H19N5O2S2/c1-2-28-16-10-8-15(9-11-16)19-24-25-21(29)26(19)12-18(27)23-20-22-17(13-30-20)14-6-4-3-5-7-14/h3-11,13H,2,12H2,1H3,(H,25,29)(H,22,23,27). The van der Waals surface area contributed by atoms with E-state index in [0.717, 1.165) is 22.6 Å². The normalized spacial score (nSPS) is 10.7. The van der Waals surface area contributed by atoms with Crippen LogP contribution >= 0.6 is 23.6 Å². The second-order valence-electron chi connectivity index (χ2n) is 6.35. The fraction of sp³-hybridized carbons (Fsp3) is 0.143. The van der Waals surface area contributed by atoms with Crippen LogP contribution in [0.4, 0.5) is 5.13 Å². The maximum atomic E-state index is 12.6. The lowest BCUT2D eigenvalue weighted by molar-refractivity contribution is -0.116. The van der Waals surface area contributed by atoms with Crippen LogP contribution in [0.2, 0.25) is 0 Å². The minimum atomic E-state index is -0.228.